The molecular formula is C18H22N2O3S. The summed E-state index contributed by atoms with van der Waals surface area (Å²) in [5.74, 6) is -0.165. The molecule has 0 unspecified atom stereocenters. The van der Waals surface area contributed by atoms with Crippen molar-refractivity contribution in [3.05, 3.63) is 41.0 Å². The van der Waals surface area contributed by atoms with Crippen molar-refractivity contribution in [1.29, 1.82) is 0 Å². The molecule has 1 fully saturated rings. The van der Waals surface area contributed by atoms with Gasteiger partial charge in [0.05, 0.1) is 34.8 Å². The molecule has 0 radical (unpaired) electrons. The van der Waals surface area contributed by atoms with Gasteiger partial charge in [0, 0.05) is 18.9 Å². The van der Waals surface area contributed by atoms with Crippen LogP contribution in [0.5, 0.6) is 0 Å². The predicted octanol–water partition coefficient (Wildman–Crippen LogP) is 1.88. The molecule has 2 aromatic rings. The molecule has 3 N–H and O–H groups in total. The first kappa shape index (κ1) is 17.2. The molecule has 0 spiro atoms. The van der Waals surface area contributed by atoms with Crippen molar-refractivity contribution < 1.29 is 15.0 Å². The summed E-state index contributed by atoms with van der Waals surface area (Å²) in [5.41, 5.74) is 4.89. The van der Waals surface area contributed by atoms with Crippen molar-refractivity contribution in [3.8, 4) is 10.4 Å². The molecule has 0 amide bonds. The first-order valence-electron chi connectivity index (χ1n) is 8.14. The van der Waals surface area contributed by atoms with Crippen LogP contribution in [0.1, 0.15) is 30.0 Å². The SMILES string of the molecule is Cc1ncsc1-c1ccc([C@H](CO)CC(=O)[C@@H]2C[C@@H](O)CN2)cc1. The van der Waals surface area contributed by atoms with Gasteiger partial charge in [0.1, 0.15) is 0 Å². The van der Waals surface area contributed by atoms with E-state index in [2.05, 4.69) is 10.3 Å². The fourth-order valence-electron chi connectivity index (χ4n) is 3.12. The Morgan fingerprint density at radius 1 is 1.42 bits per heavy atom. The Kier molecular flexibility index (Phi) is 5.40. The molecule has 2 heterocycles. The average molecular weight is 346 g/mol. The number of aryl methyl sites for hydroxylation is 1. The van der Waals surface area contributed by atoms with E-state index in [0.29, 0.717) is 13.0 Å². The van der Waals surface area contributed by atoms with Crippen molar-refractivity contribution in [2.45, 2.75) is 37.8 Å². The quantitative estimate of drug-likeness (QED) is 0.744. The molecule has 1 aliphatic heterocycles. The molecule has 1 aromatic carbocycles. The molecule has 24 heavy (non-hydrogen) atoms. The Morgan fingerprint density at radius 3 is 2.71 bits per heavy atom. The lowest BCUT2D eigenvalue weighted by Crippen LogP contribution is -2.32. The van der Waals surface area contributed by atoms with E-state index in [1.54, 1.807) is 11.3 Å². The molecule has 128 valence electrons. The standard InChI is InChI=1S/C18H22N2O3S/c1-11-18(24-10-20-11)13-4-2-12(3-5-13)14(9-21)6-17(23)16-7-15(22)8-19-16/h2-5,10,14-16,19,21-22H,6-9H2,1H3/t14-,15+,16-/m0/s1. The van der Waals surface area contributed by atoms with Gasteiger partial charge in [0.15, 0.2) is 5.78 Å². The lowest BCUT2D eigenvalue weighted by molar-refractivity contribution is -0.121. The van der Waals surface area contributed by atoms with Gasteiger partial charge >= 0.3 is 0 Å². The Labute approximate surface area is 145 Å². The maximum atomic E-state index is 12.3. The maximum Gasteiger partial charge on any atom is 0.150 e. The van der Waals surface area contributed by atoms with Crippen LogP contribution in [0.3, 0.4) is 0 Å². The molecule has 3 atom stereocenters. The van der Waals surface area contributed by atoms with Crippen LogP contribution in [-0.4, -0.2) is 46.3 Å². The lowest BCUT2D eigenvalue weighted by atomic mass is 9.91. The highest BCUT2D eigenvalue weighted by molar-refractivity contribution is 7.13. The summed E-state index contributed by atoms with van der Waals surface area (Å²) in [7, 11) is 0. The second kappa shape index (κ2) is 7.53. The number of aliphatic hydroxyl groups is 2. The van der Waals surface area contributed by atoms with Crippen LogP contribution >= 0.6 is 11.3 Å². The van der Waals surface area contributed by atoms with Crippen LogP contribution in [-0.2, 0) is 4.79 Å². The third-order valence-electron chi connectivity index (χ3n) is 4.55. The number of aromatic nitrogens is 1. The Hall–Kier alpha value is -1.60. The zero-order valence-electron chi connectivity index (χ0n) is 13.6. The van der Waals surface area contributed by atoms with E-state index in [1.807, 2.05) is 36.7 Å². The molecule has 0 bridgehead atoms. The lowest BCUT2D eigenvalue weighted by Gasteiger charge is -2.17. The van der Waals surface area contributed by atoms with Crippen molar-refractivity contribution >= 4 is 17.1 Å². The average Bonchev–Trinajstić information content (AvgIpc) is 3.21. The number of ketones is 1. The number of β-amino-alcohol motifs (C(OH)–C–C–N with tert-alkyl or cyclic N) is 1. The zero-order valence-corrected chi connectivity index (χ0v) is 14.4. The van der Waals surface area contributed by atoms with E-state index in [9.17, 15) is 15.0 Å². The van der Waals surface area contributed by atoms with E-state index in [0.717, 1.165) is 21.7 Å². The molecule has 5 nitrogen and oxygen atoms in total. The van der Waals surface area contributed by atoms with E-state index in [1.165, 1.54) is 0 Å². The second-order valence-electron chi connectivity index (χ2n) is 6.29. The van der Waals surface area contributed by atoms with Crippen LogP contribution in [0, 0.1) is 6.92 Å². The minimum Gasteiger partial charge on any atom is -0.396 e. The molecule has 1 aromatic heterocycles. The topological polar surface area (TPSA) is 82.5 Å². The summed E-state index contributed by atoms with van der Waals surface area (Å²) < 4.78 is 0. The molecular weight excluding hydrogens is 324 g/mol. The summed E-state index contributed by atoms with van der Waals surface area (Å²) in [5, 5.41) is 22.3. The molecule has 3 rings (SSSR count). The summed E-state index contributed by atoms with van der Waals surface area (Å²) in [6.07, 6.45) is 0.286. The third-order valence-corrected chi connectivity index (χ3v) is 5.53. The van der Waals surface area contributed by atoms with Crippen LogP contribution in [0.15, 0.2) is 29.8 Å². The molecule has 1 saturated heterocycles. The van der Waals surface area contributed by atoms with E-state index in [4.69, 9.17) is 0 Å². The normalized spacial score (nSPS) is 21.8. The van der Waals surface area contributed by atoms with Crippen molar-refractivity contribution in [3.63, 3.8) is 0 Å². The highest BCUT2D eigenvalue weighted by Gasteiger charge is 2.29. The van der Waals surface area contributed by atoms with Crippen molar-refractivity contribution in [2.75, 3.05) is 13.2 Å². The summed E-state index contributed by atoms with van der Waals surface area (Å²) in [6, 6.07) is 7.67. The fourth-order valence-corrected chi connectivity index (χ4v) is 3.93. The number of aliphatic hydroxyl groups excluding tert-OH is 2. The maximum absolute atomic E-state index is 12.3. The van der Waals surface area contributed by atoms with Crippen LogP contribution in [0.25, 0.3) is 10.4 Å². The summed E-state index contributed by atoms with van der Waals surface area (Å²) in [4.78, 5) is 17.7. The number of rotatable bonds is 6. The summed E-state index contributed by atoms with van der Waals surface area (Å²) >= 11 is 1.60. The van der Waals surface area contributed by atoms with Gasteiger partial charge in [-0.15, -0.1) is 11.3 Å². The largest absolute Gasteiger partial charge is 0.396 e. The van der Waals surface area contributed by atoms with Gasteiger partial charge in [-0.25, -0.2) is 4.98 Å². The number of Topliss-reactive ketones (excluding diaryl/α,β-unsaturated/α-hetero) is 1. The highest BCUT2D eigenvalue weighted by atomic mass is 32.1. The second-order valence-corrected chi connectivity index (χ2v) is 7.14. The number of carbonyl (C=O) groups is 1. The number of thiazole rings is 1. The summed E-state index contributed by atoms with van der Waals surface area (Å²) in [6.45, 7) is 2.38. The van der Waals surface area contributed by atoms with Crippen molar-refractivity contribution in [1.82, 2.24) is 10.3 Å². The molecule has 1 aliphatic rings. The smallest absolute Gasteiger partial charge is 0.150 e. The number of benzene rings is 1. The predicted molar refractivity (Wildman–Crippen MR) is 94.2 cm³/mol. The number of nitrogens with one attached hydrogen (secondary N) is 1. The molecule has 0 saturated carbocycles. The molecule has 0 aliphatic carbocycles. The number of hydrogen-bond acceptors (Lipinski definition) is 6. The number of hydrogen-bond donors (Lipinski definition) is 3. The zero-order chi connectivity index (χ0) is 17.1. The first-order valence-corrected chi connectivity index (χ1v) is 9.02. The highest BCUT2D eigenvalue weighted by Crippen LogP contribution is 2.29. The van der Waals surface area contributed by atoms with Gasteiger partial charge in [0.2, 0.25) is 0 Å². The Balaban J connectivity index is 1.69. The fraction of sp³-hybridized carbons (Fsp3) is 0.444. The third kappa shape index (κ3) is 3.72. The van der Waals surface area contributed by atoms with Crippen LogP contribution < -0.4 is 5.32 Å². The van der Waals surface area contributed by atoms with Gasteiger partial charge in [-0.3, -0.25) is 4.79 Å². The minimum atomic E-state index is -0.451. The van der Waals surface area contributed by atoms with Crippen molar-refractivity contribution in [2.24, 2.45) is 0 Å². The number of nitrogens with zero attached hydrogens (tertiary/aromatic N) is 1. The number of carbonyl (C=O) groups excluding carboxylic acids is 1. The monoisotopic (exact) mass is 346 g/mol. The van der Waals surface area contributed by atoms with Gasteiger partial charge in [-0.2, -0.15) is 0 Å². The van der Waals surface area contributed by atoms with Gasteiger partial charge in [-0.1, -0.05) is 24.3 Å². The van der Waals surface area contributed by atoms with E-state index >= 15 is 0 Å². The van der Waals surface area contributed by atoms with Crippen LogP contribution in [0.2, 0.25) is 0 Å². The first-order chi connectivity index (χ1) is 11.6. The van der Waals surface area contributed by atoms with Gasteiger partial charge in [-0.05, 0) is 24.5 Å². The van der Waals surface area contributed by atoms with E-state index < -0.39 is 6.10 Å². The Bertz CT molecular complexity index is 699. The van der Waals surface area contributed by atoms with Crippen LogP contribution in [0.4, 0.5) is 0 Å². The van der Waals surface area contributed by atoms with E-state index in [-0.39, 0.29) is 30.8 Å². The van der Waals surface area contributed by atoms with Gasteiger partial charge < -0.3 is 15.5 Å². The Morgan fingerprint density at radius 2 is 2.17 bits per heavy atom. The minimum absolute atomic E-state index is 0.0491. The molecule has 6 heteroatoms. The van der Waals surface area contributed by atoms with Gasteiger partial charge in [0.25, 0.3) is 0 Å².